The van der Waals surface area contributed by atoms with Gasteiger partial charge in [0, 0.05) is 19.8 Å². The van der Waals surface area contributed by atoms with Gasteiger partial charge in [-0.2, -0.15) is 5.26 Å². The van der Waals surface area contributed by atoms with Gasteiger partial charge in [-0.15, -0.1) is 0 Å². The van der Waals surface area contributed by atoms with E-state index in [1.165, 1.54) is 0 Å². The molecule has 0 heterocycles. The van der Waals surface area contributed by atoms with Crippen LogP contribution in [0.25, 0.3) is 0 Å². The minimum absolute atomic E-state index is 0.141. The second-order valence-corrected chi connectivity index (χ2v) is 5.45. The third-order valence-corrected chi connectivity index (χ3v) is 3.62. The molecule has 0 bridgehead atoms. The monoisotopic (exact) mass is 294 g/mol. The fraction of sp³-hybridized carbons (Fsp3) is 0.316. The highest BCUT2D eigenvalue weighted by Gasteiger charge is 2.12. The third kappa shape index (κ3) is 4.02. The first-order valence-corrected chi connectivity index (χ1v) is 7.52. The zero-order valence-electron chi connectivity index (χ0n) is 13.4. The van der Waals surface area contributed by atoms with Gasteiger partial charge in [-0.1, -0.05) is 24.3 Å². The number of hydrogen-bond donors (Lipinski definition) is 0. The van der Waals surface area contributed by atoms with Crippen molar-refractivity contribution in [3.05, 3.63) is 59.7 Å². The Hall–Kier alpha value is -2.47. The van der Waals surface area contributed by atoms with Crippen LogP contribution >= 0.6 is 0 Å². The standard InChI is InChI=1S/C19H22N2O/c1-4-22-19-10-8-15(9-11-19)12-17(14-20)16-6-5-7-18(13-16)21(2)3/h5-11,13,17H,4,12H2,1-3H3. The second-order valence-electron chi connectivity index (χ2n) is 5.45. The van der Waals surface area contributed by atoms with E-state index in [0.29, 0.717) is 13.0 Å². The molecule has 0 fully saturated rings. The summed E-state index contributed by atoms with van der Waals surface area (Å²) in [4.78, 5) is 2.05. The molecule has 2 rings (SSSR count). The van der Waals surface area contributed by atoms with E-state index in [1.54, 1.807) is 0 Å². The molecule has 1 atom stereocenters. The van der Waals surface area contributed by atoms with Gasteiger partial charge in [0.25, 0.3) is 0 Å². The Kier molecular flexibility index (Phi) is 5.43. The highest BCUT2D eigenvalue weighted by Crippen LogP contribution is 2.25. The molecule has 3 nitrogen and oxygen atoms in total. The summed E-state index contributed by atoms with van der Waals surface area (Å²) in [5.74, 6) is 0.729. The van der Waals surface area contributed by atoms with Gasteiger partial charge in [0.05, 0.1) is 18.6 Å². The number of benzene rings is 2. The average molecular weight is 294 g/mol. The molecule has 2 aromatic carbocycles. The van der Waals surface area contributed by atoms with Gasteiger partial charge in [-0.05, 0) is 48.7 Å². The first-order chi connectivity index (χ1) is 10.6. The van der Waals surface area contributed by atoms with Crippen molar-refractivity contribution in [3.63, 3.8) is 0 Å². The summed E-state index contributed by atoms with van der Waals surface area (Å²) >= 11 is 0. The Morgan fingerprint density at radius 1 is 1.14 bits per heavy atom. The number of ether oxygens (including phenoxy) is 1. The van der Waals surface area contributed by atoms with Crippen LogP contribution in [0, 0.1) is 11.3 Å². The Morgan fingerprint density at radius 2 is 1.86 bits per heavy atom. The number of nitriles is 1. The molecule has 3 heteroatoms. The number of hydrogen-bond acceptors (Lipinski definition) is 3. The van der Waals surface area contributed by atoms with Gasteiger partial charge in [0.1, 0.15) is 5.75 Å². The summed E-state index contributed by atoms with van der Waals surface area (Å²) in [5, 5.41) is 9.52. The largest absolute Gasteiger partial charge is 0.494 e. The first kappa shape index (κ1) is 15.9. The molecule has 0 saturated carbocycles. The van der Waals surface area contributed by atoms with E-state index >= 15 is 0 Å². The van der Waals surface area contributed by atoms with Gasteiger partial charge in [-0.25, -0.2) is 0 Å². The van der Waals surface area contributed by atoms with Crippen LogP contribution in [0.4, 0.5) is 5.69 Å². The molecule has 0 aromatic heterocycles. The third-order valence-electron chi connectivity index (χ3n) is 3.62. The highest BCUT2D eigenvalue weighted by atomic mass is 16.5. The van der Waals surface area contributed by atoms with Crippen molar-refractivity contribution in [2.45, 2.75) is 19.3 Å². The van der Waals surface area contributed by atoms with Crippen molar-refractivity contribution in [2.24, 2.45) is 0 Å². The summed E-state index contributed by atoms with van der Waals surface area (Å²) in [6.07, 6.45) is 0.708. The van der Waals surface area contributed by atoms with Crippen molar-refractivity contribution < 1.29 is 4.74 Å². The van der Waals surface area contributed by atoms with Crippen molar-refractivity contribution in [2.75, 3.05) is 25.6 Å². The molecule has 0 aliphatic heterocycles. The second kappa shape index (κ2) is 7.51. The van der Waals surface area contributed by atoms with E-state index in [-0.39, 0.29) is 5.92 Å². The maximum absolute atomic E-state index is 9.52. The molecule has 1 unspecified atom stereocenters. The van der Waals surface area contributed by atoms with E-state index in [2.05, 4.69) is 23.1 Å². The minimum Gasteiger partial charge on any atom is -0.494 e. The molecule has 0 saturated heterocycles. The van der Waals surface area contributed by atoms with Crippen LogP contribution in [-0.4, -0.2) is 20.7 Å². The number of rotatable bonds is 6. The van der Waals surface area contributed by atoms with E-state index in [4.69, 9.17) is 4.74 Å². The van der Waals surface area contributed by atoms with Crippen LogP contribution in [0.2, 0.25) is 0 Å². The fourth-order valence-electron chi connectivity index (χ4n) is 2.38. The summed E-state index contributed by atoms with van der Waals surface area (Å²) < 4.78 is 5.45. The first-order valence-electron chi connectivity index (χ1n) is 7.52. The molecular formula is C19H22N2O. The van der Waals surface area contributed by atoms with Gasteiger partial charge < -0.3 is 9.64 Å². The SMILES string of the molecule is CCOc1ccc(CC(C#N)c2cccc(N(C)C)c2)cc1. The predicted octanol–water partition coefficient (Wildman–Crippen LogP) is 4.00. The number of nitrogens with zero attached hydrogens (tertiary/aromatic N) is 2. The molecule has 22 heavy (non-hydrogen) atoms. The smallest absolute Gasteiger partial charge is 0.119 e. The Bertz CT molecular complexity index is 641. The normalized spacial score (nSPS) is 11.5. The molecule has 114 valence electrons. The average Bonchev–Trinajstić information content (AvgIpc) is 2.54. The van der Waals surface area contributed by atoms with Crippen LogP contribution in [0.1, 0.15) is 24.0 Å². The highest BCUT2D eigenvalue weighted by molar-refractivity contribution is 5.49. The van der Waals surface area contributed by atoms with Crippen molar-refractivity contribution in [3.8, 4) is 11.8 Å². The lowest BCUT2D eigenvalue weighted by Gasteiger charge is -2.16. The lowest BCUT2D eigenvalue weighted by Crippen LogP contribution is -2.09. The lowest BCUT2D eigenvalue weighted by molar-refractivity contribution is 0.340. The summed E-state index contributed by atoms with van der Waals surface area (Å²) in [6.45, 7) is 2.63. The quantitative estimate of drug-likeness (QED) is 0.808. The molecule has 0 radical (unpaired) electrons. The number of anilines is 1. The Balaban J connectivity index is 2.15. The maximum Gasteiger partial charge on any atom is 0.119 e. The Labute approximate surface area is 132 Å². The van der Waals surface area contributed by atoms with E-state index in [1.807, 2.05) is 57.4 Å². The van der Waals surface area contributed by atoms with Crippen LogP contribution in [0.5, 0.6) is 5.75 Å². The zero-order valence-corrected chi connectivity index (χ0v) is 13.4. The van der Waals surface area contributed by atoms with Gasteiger partial charge in [-0.3, -0.25) is 0 Å². The van der Waals surface area contributed by atoms with Crippen LogP contribution < -0.4 is 9.64 Å². The molecule has 0 spiro atoms. The van der Waals surface area contributed by atoms with E-state index in [0.717, 1.165) is 22.6 Å². The van der Waals surface area contributed by atoms with Gasteiger partial charge >= 0.3 is 0 Å². The molecule has 0 aliphatic carbocycles. The molecule has 0 aliphatic rings. The molecule has 2 aromatic rings. The molecular weight excluding hydrogens is 272 g/mol. The van der Waals surface area contributed by atoms with Gasteiger partial charge in [0.15, 0.2) is 0 Å². The predicted molar refractivity (Wildman–Crippen MR) is 90.4 cm³/mol. The van der Waals surface area contributed by atoms with Gasteiger partial charge in [0.2, 0.25) is 0 Å². The van der Waals surface area contributed by atoms with Crippen LogP contribution in [0.3, 0.4) is 0 Å². The van der Waals surface area contributed by atoms with E-state index < -0.39 is 0 Å². The fourth-order valence-corrected chi connectivity index (χ4v) is 2.38. The lowest BCUT2D eigenvalue weighted by atomic mass is 9.93. The minimum atomic E-state index is -0.141. The zero-order chi connectivity index (χ0) is 15.9. The summed E-state index contributed by atoms with van der Waals surface area (Å²) in [6, 6.07) is 18.6. The summed E-state index contributed by atoms with van der Waals surface area (Å²) in [5.41, 5.74) is 3.32. The maximum atomic E-state index is 9.52. The molecule has 0 amide bonds. The van der Waals surface area contributed by atoms with Crippen molar-refractivity contribution >= 4 is 5.69 Å². The van der Waals surface area contributed by atoms with Crippen molar-refractivity contribution in [1.82, 2.24) is 0 Å². The Morgan fingerprint density at radius 3 is 2.45 bits per heavy atom. The van der Waals surface area contributed by atoms with Crippen molar-refractivity contribution in [1.29, 1.82) is 5.26 Å². The molecule has 0 N–H and O–H groups in total. The van der Waals surface area contributed by atoms with Crippen LogP contribution in [-0.2, 0) is 6.42 Å². The topological polar surface area (TPSA) is 36.3 Å². The summed E-state index contributed by atoms with van der Waals surface area (Å²) in [7, 11) is 4.01. The van der Waals surface area contributed by atoms with Crippen LogP contribution in [0.15, 0.2) is 48.5 Å². The van der Waals surface area contributed by atoms with E-state index in [9.17, 15) is 5.26 Å².